The highest BCUT2D eigenvalue weighted by Crippen LogP contribution is 2.33. The minimum atomic E-state index is -0.843. The van der Waals surface area contributed by atoms with Crippen LogP contribution in [-0.2, 0) is 14.4 Å². The number of aliphatic carboxylic acids is 1. The van der Waals surface area contributed by atoms with Crippen LogP contribution in [0.4, 0.5) is 0 Å². The summed E-state index contributed by atoms with van der Waals surface area (Å²) in [5.41, 5.74) is -0.677. The molecule has 2 unspecified atom stereocenters. The van der Waals surface area contributed by atoms with Gasteiger partial charge in [-0.1, -0.05) is 12.8 Å². The highest BCUT2D eigenvalue weighted by Gasteiger charge is 2.41. The van der Waals surface area contributed by atoms with E-state index in [2.05, 4.69) is 5.32 Å². The summed E-state index contributed by atoms with van der Waals surface area (Å²) in [5.74, 6) is -1.47. The lowest BCUT2D eigenvalue weighted by Gasteiger charge is -2.39. The molecule has 0 aromatic rings. The third kappa shape index (κ3) is 5.52. The van der Waals surface area contributed by atoms with E-state index in [9.17, 15) is 19.5 Å². The van der Waals surface area contributed by atoms with E-state index in [-0.39, 0.29) is 18.2 Å². The molecule has 0 saturated heterocycles. The highest BCUT2D eigenvalue weighted by molar-refractivity contribution is 5.80. The van der Waals surface area contributed by atoms with Crippen molar-refractivity contribution in [3.05, 3.63) is 0 Å². The summed E-state index contributed by atoms with van der Waals surface area (Å²) >= 11 is 0. The summed E-state index contributed by atoms with van der Waals surface area (Å²) in [6, 6.07) is 0. The van der Waals surface area contributed by atoms with Crippen molar-refractivity contribution in [1.82, 2.24) is 10.2 Å². The van der Waals surface area contributed by atoms with E-state index in [1.807, 2.05) is 20.8 Å². The second kappa shape index (κ2) is 8.89. The molecule has 0 spiro atoms. The number of amides is 2. The number of hydrogen-bond acceptors (Lipinski definition) is 3. The number of nitrogens with zero attached hydrogens (tertiary/aromatic N) is 1. The van der Waals surface area contributed by atoms with Crippen LogP contribution in [0, 0.1) is 5.92 Å². The molecule has 1 fully saturated rings. The van der Waals surface area contributed by atoms with Crippen molar-refractivity contribution in [3.8, 4) is 0 Å². The molecule has 0 radical (unpaired) electrons. The normalized spacial score (nSPS) is 24.0. The van der Waals surface area contributed by atoms with Gasteiger partial charge in [0.1, 0.15) is 0 Å². The quantitative estimate of drug-likeness (QED) is 0.716. The van der Waals surface area contributed by atoms with Crippen molar-refractivity contribution < 1.29 is 19.5 Å². The predicted octanol–water partition coefficient (Wildman–Crippen LogP) is 2.17. The van der Waals surface area contributed by atoms with Gasteiger partial charge < -0.3 is 15.3 Å². The maximum atomic E-state index is 12.1. The zero-order valence-electron chi connectivity index (χ0n) is 14.6. The van der Waals surface area contributed by atoms with Crippen LogP contribution in [0.3, 0.4) is 0 Å². The number of carbonyl (C=O) groups is 3. The van der Waals surface area contributed by atoms with E-state index in [0.717, 1.165) is 12.8 Å². The van der Waals surface area contributed by atoms with Gasteiger partial charge in [-0.3, -0.25) is 14.4 Å². The Labute approximate surface area is 138 Å². The van der Waals surface area contributed by atoms with E-state index >= 15 is 0 Å². The molecule has 1 aliphatic carbocycles. The molecule has 0 heterocycles. The Kier molecular flexibility index (Phi) is 7.52. The SMILES string of the molecule is CCN(CC)C(=O)CCCC(=O)NC1(C)CCCCC1C(=O)O. The standard InChI is InChI=1S/C17H30N2O4/c1-4-19(5-2)15(21)11-8-10-14(20)18-17(3)12-7-6-9-13(17)16(22)23/h13H,4-12H2,1-3H3,(H,18,20)(H,22,23). The molecule has 132 valence electrons. The first-order chi connectivity index (χ1) is 10.8. The summed E-state index contributed by atoms with van der Waals surface area (Å²) in [6.45, 7) is 7.05. The molecule has 1 rings (SSSR count). The van der Waals surface area contributed by atoms with Crippen molar-refractivity contribution in [2.75, 3.05) is 13.1 Å². The lowest BCUT2D eigenvalue weighted by molar-refractivity contribution is -0.146. The minimum Gasteiger partial charge on any atom is -0.481 e. The van der Waals surface area contributed by atoms with Crippen LogP contribution in [0.1, 0.15) is 65.7 Å². The van der Waals surface area contributed by atoms with Gasteiger partial charge in [-0.25, -0.2) is 0 Å². The monoisotopic (exact) mass is 326 g/mol. The van der Waals surface area contributed by atoms with E-state index < -0.39 is 17.4 Å². The summed E-state index contributed by atoms with van der Waals surface area (Å²) in [5, 5.41) is 12.3. The summed E-state index contributed by atoms with van der Waals surface area (Å²) < 4.78 is 0. The summed E-state index contributed by atoms with van der Waals surface area (Å²) in [7, 11) is 0. The second-order valence-corrected chi connectivity index (χ2v) is 6.52. The average Bonchev–Trinajstić information content (AvgIpc) is 2.48. The first-order valence-electron chi connectivity index (χ1n) is 8.65. The third-order valence-electron chi connectivity index (χ3n) is 4.84. The van der Waals surface area contributed by atoms with Gasteiger partial charge in [0.15, 0.2) is 0 Å². The van der Waals surface area contributed by atoms with Gasteiger partial charge in [-0.2, -0.15) is 0 Å². The largest absolute Gasteiger partial charge is 0.481 e. The van der Waals surface area contributed by atoms with E-state index in [0.29, 0.717) is 38.8 Å². The van der Waals surface area contributed by atoms with Crippen LogP contribution in [-0.4, -0.2) is 46.4 Å². The van der Waals surface area contributed by atoms with Gasteiger partial charge in [-0.05, 0) is 40.0 Å². The molecule has 23 heavy (non-hydrogen) atoms. The maximum absolute atomic E-state index is 12.1. The first-order valence-corrected chi connectivity index (χ1v) is 8.65. The lowest BCUT2D eigenvalue weighted by Crippen LogP contribution is -2.55. The van der Waals surface area contributed by atoms with Crippen molar-refractivity contribution in [2.45, 2.75) is 71.3 Å². The van der Waals surface area contributed by atoms with Crippen LogP contribution in [0.2, 0.25) is 0 Å². The Bertz CT molecular complexity index is 434. The molecule has 0 aliphatic heterocycles. The zero-order valence-corrected chi connectivity index (χ0v) is 14.6. The first kappa shape index (κ1) is 19.5. The van der Waals surface area contributed by atoms with Crippen molar-refractivity contribution in [3.63, 3.8) is 0 Å². The summed E-state index contributed by atoms with van der Waals surface area (Å²) in [6.07, 6.45) is 4.22. The fraction of sp³-hybridized carbons (Fsp3) is 0.824. The van der Waals surface area contributed by atoms with Gasteiger partial charge in [0.05, 0.1) is 11.5 Å². The Balaban J connectivity index is 2.46. The van der Waals surface area contributed by atoms with Crippen molar-refractivity contribution in [2.24, 2.45) is 5.92 Å². The van der Waals surface area contributed by atoms with Crippen LogP contribution in [0.5, 0.6) is 0 Å². The fourth-order valence-corrected chi connectivity index (χ4v) is 3.39. The molecule has 0 aromatic heterocycles. The maximum Gasteiger partial charge on any atom is 0.308 e. The average molecular weight is 326 g/mol. The topological polar surface area (TPSA) is 86.7 Å². The fourth-order valence-electron chi connectivity index (χ4n) is 3.39. The van der Waals surface area contributed by atoms with Gasteiger partial charge >= 0.3 is 5.97 Å². The van der Waals surface area contributed by atoms with E-state index in [1.54, 1.807) is 4.90 Å². The number of carbonyl (C=O) groups excluding carboxylic acids is 2. The molecule has 6 nitrogen and oxygen atoms in total. The van der Waals surface area contributed by atoms with Crippen molar-refractivity contribution in [1.29, 1.82) is 0 Å². The lowest BCUT2D eigenvalue weighted by atomic mass is 9.74. The highest BCUT2D eigenvalue weighted by atomic mass is 16.4. The summed E-state index contributed by atoms with van der Waals surface area (Å²) in [4.78, 5) is 37.2. The minimum absolute atomic E-state index is 0.0649. The zero-order chi connectivity index (χ0) is 17.5. The predicted molar refractivity (Wildman–Crippen MR) is 87.9 cm³/mol. The second-order valence-electron chi connectivity index (χ2n) is 6.52. The van der Waals surface area contributed by atoms with E-state index in [4.69, 9.17) is 0 Å². The number of nitrogens with one attached hydrogen (secondary N) is 1. The third-order valence-corrected chi connectivity index (χ3v) is 4.84. The Morgan fingerprint density at radius 3 is 2.39 bits per heavy atom. The molecule has 0 aromatic carbocycles. The molecule has 1 aliphatic rings. The van der Waals surface area contributed by atoms with Crippen LogP contribution in [0.15, 0.2) is 0 Å². The molecular weight excluding hydrogens is 296 g/mol. The van der Waals surface area contributed by atoms with Crippen LogP contribution in [0.25, 0.3) is 0 Å². The Hall–Kier alpha value is -1.59. The van der Waals surface area contributed by atoms with Crippen LogP contribution >= 0.6 is 0 Å². The smallest absolute Gasteiger partial charge is 0.308 e. The van der Waals surface area contributed by atoms with Crippen molar-refractivity contribution >= 4 is 17.8 Å². The van der Waals surface area contributed by atoms with Gasteiger partial charge in [0.2, 0.25) is 11.8 Å². The number of carboxylic acids is 1. The van der Waals surface area contributed by atoms with Gasteiger partial charge in [0, 0.05) is 25.9 Å². The molecule has 2 amide bonds. The Morgan fingerprint density at radius 1 is 1.17 bits per heavy atom. The molecule has 2 N–H and O–H groups in total. The molecule has 0 bridgehead atoms. The molecule has 2 atom stereocenters. The van der Waals surface area contributed by atoms with Gasteiger partial charge in [0.25, 0.3) is 0 Å². The van der Waals surface area contributed by atoms with Gasteiger partial charge in [-0.15, -0.1) is 0 Å². The number of carboxylic acid groups (broad SMARTS) is 1. The number of rotatable bonds is 8. The molecular formula is C17H30N2O4. The molecule has 6 heteroatoms. The van der Waals surface area contributed by atoms with Crippen LogP contribution < -0.4 is 5.32 Å². The van der Waals surface area contributed by atoms with E-state index in [1.165, 1.54) is 0 Å². The molecule has 1 saturated carbocycles. The Morgan fingerprint density at radius 2 is 1.83 bits per heavy atom. The number of hydrogen-bond donors (Lipinski definition) is 2.